The zero-order valence-corrected chi connectivity index (χ0v) is 10.9. The lowest BCUT2D eigenvalue weighted by Crippen LogP contribution is -2.22. The first-order valence-electron chi connectivity index (χ1n) is 6.43. The van der Waals surface area contributed by atoms with Crippen LogP contribution >= 0.6 is 0 Å². The highest BCUT2D eigenvalue weighted by Gasteiger charge is 2.03. The quantitative estimate of drug-likeness (QED) is 0.383. The standard InChI is InChI=1S/C13H20N2O4/c16-10-3-1-2-8-14-9-11-19-13-6-4-12(5-7-13)15(17)18/h4-7,14,16H,1-3,8-11H2. The van der Waals surface area contributed by atoms with Gasteiger partial charge in [-0.15, -0.1) is 0 Å². The summed E-state index contributed by atoms with van der Waals surface area (Å²) in [6.07, 6.45) is 2.91. The van der Waals surface area contributed by atoms with Gasteiger partial charge < -0.3 is 15.2 Å². The lowest BCUT2D eigenvalue weighted by molar-refractivity contribution is -0.384. The van der Waals surface area contributed by atoms with Crippen molar-refractivity contribution in [1.29, 1.82) is 0 Å². The first-order valence-corrected chi connectivity index (χ1v) is 6.43. The Morgan fingerprint density at radius 3 is 2.53 bits per heavy atom. The van der Waals surface area contributed by atoms with Crippen LogP contribution in [0.15, 0.2) is 24.3 Å². The van der Waals surface area contributed by atoms with Crippen LogP contribution in [0.1, 0.15) is 19.3 Å². The Bertz CT molecular complexity index is 367. The summed E-state index contributed by atoms with van der Waals surface area (Å²) in [6, 6.07) is 6.05. The van der Waals surface area contributed by atoms with Crippen LogP contribution in [0.25, 0.3) is 0 Å². The summed E-state index contributed by atoms with van der Waals surface area (Å²) < 4.78 is 5.44. The lowest BCUT2D eigenvalue weighted by atomic mass is 10.2. The molecular weight excluding hydrogens is 248 g/mol. The molecule has 1 aromatic rings. The number of nitrogens with zero attached hydrogens (tertiary/aromatic N) is 1. The summed E-state index contributed by atoms with van der Waals surface area (Å²) in [7, 11) is 0. The van der Waals surface area contributed by atoms with E-state index in [9.17, 15) is 10.1 Å². The van der Waals surface area contributed by atoms with Crippen LogP contribution in [0, 0.1) is 10.1 Å². The molecule has 0 aliphatic carbocycles. The van der Waals surface area contributed by atoms with E-state index in [4.69, 9.17) is 9.84 Å². The van der Waals surface area contributed by atoms with Crippen molar-refractivity contribution in [3.05, 3.63) is 34.4 Å². The average molecular weight is 268 g/mol. The number of unbranched alkanes of at least 4 members (excludes halogenated alkanes) is 2. The summed E-state index contributed by atoms with van der Waals surface area (Å²) >= 11 is 0. The Labute approximate surface area is 112 Å². The van der Waals surface area contributed by atoms with Crippen LogP contribution < -0.4 is 10.1 Å². The molecule has 2 N–H and O–H groups in total. The number of benzene rings is 1. The van der Waals surface area contributed by atoms with Gasteiger partial charge in [0.15, 0.2) is 0 Å². The lowest BCUT2D eigenvalue weighted by Gasteiger charge is -2.07. The Balaban J connectivity index is 2.07. The second-order valence-electron chi connectivity index (χ2n) is 4.13. The highest BCUT2D eigenvalue weighted by atomic mass is 16.6. The zero-order chi connectivity index (χ0) is 13.9. The SMILES string of the molecule is O=[N+]([O-])c1ccc(OCCNCCCCCO)cc1. The molecule has 0 aromatic heterocycles. The molecular formula is C13H20N2O4. The van der Waals surface area contributed by atoms with Crippen molar-refractivity contribution < 1.29 is 14.8 Å². The topological polar surface area (TPSA) is 84.6 Å². The molecule has 0 amide bonds. The van der Waals surface area contributed by atoms with Crippen LogP contribution in [0.5, 0.6) is 5.75 Å². The van der Waals surface area contributed by atoms with Crippen molar-refractivity contribution in [3.8, 4) is 5.75 Å². The van der Waals surface area contributed by atoms with Gasteiger partial charge in [-0.3, -0.25) is 10.1 Å². The number of aliphatic hydroxyl groups is 1. The van der Waals surface area contributed by atoms with Gasteiger partial charge >= 0.3 is 0 Å². The first kappa shape index (κ1) is 15.4. The van der Waals surface area contributed by atoms with Gasteiger partial charge in [0.05, 0.1) is 4.92 Å². The van der Waals surface area contributed by atoms with Gasteiger partial charge in [0.1, 0.15) is 12.4 Å². The van der Waals surface area contributed by atoms with E-state index >= 15 is 0 Å². The summed E-state index contributed by atoms with van der Waals surface area (Å²) in [5.74, 6) is 0.632. The predicted octanol–water partition coefficient (Wildman–Crippen LogP) is 1.73. The molecule has 0 atom stereocenters. The fraction of sp³-hybridized carbons (Fsp3) is 0.538. The second-order valence-corrected chi connectivity index (χ2v) is 4.13. The monoisotopic (exact) mass is 268 g/mol. The average Bonchev–Trinajstić information content (AvgIpc) is 2.42. The van der Waals surface area contributed by atoms with Gasteiger partial charge in [-0.05, 0) is 37.9 Å². The normalized spacial score (nSPS) is 10.4. The van der Waals surface area contributed by atoms with Crippen LogP contribution in [-0.4, -0.2) is 36.3 Å². The molecule has 0 heterocycles. The van der Waals surface area contributed by atoms with E-state index in [-0.39, 0.29) is 12.3 Å². The van der Waals surface area contributed by atoms with Crippen LogP contribution in [0.3, 0.4) is 0 Å². The molecule has 0 aliphatic rings. The molecule has 0 radical (unpaired) electrons. The second kappa shape index (κ2) is 9.29. The van der Waals surface area contributed by atoms with Crippen molar-refractivity contribution in [2.24, 2.45) is 0 Å². The van der Waals surface area contributed by atoms with Gasteiger partial charge in [-0.2, -0.15) is 0 Å². The highest BCUT2D eigenvalue weighted by molar-refractivity contribution is 5.35. The molecule has 0 aliphatic heterocycles. The van der Waals surface area contributed by atoms with Gasteiger partial charge in [-0.25, -0.2) is 0 Å². The minimum atomic E-state index is -0.433. The Kier molecular flexibility index (Phi) is 7.53. The molecule has 0 spiro atoms. The van der Waals surface area contributed by atoms with Crippen molar-refractivity contribution in [3.63, 3.8) is 0 Å². The van der Waals surface area contributed by atoms with E-state index in [2.05, 4.69) is 5.32 Å². The van der Waals surface area contributed by atoms with E-state index in [0.717, 1.165) is 32.4 Å². The molecule has 0 saturated carbocycles. The number of aliphatic hydroxyl groups excluding tert-OH is 1. The van der Waals surface area contributed by atoms with Crippen molar-refractivity contribution >= 4 is 5.69 Å². The molecule has 6 nitrogen and oxygen atoms in total. The molecule has 0 unspecified atom stereocenters. The molecule has 19 heavy (non-hydrogen) atoms. The number of ether oxygens (including phenoxy) is 1. The summed E-state index contributed by atoms with van der Waals surface area (Å²) in [6.45, 7) is 2.42. The van der Waals surface area contributed by atoms with Gasteiger partial charge in [0.2, 0.25) is 0 Å². The van der Waals surface area contributed by atoms with Crippen LogP contribution in [0.2, 0.25) is 0 Å². The largest absolute Gasteiger partial charge is 0.492 e. The number of nitro groups is 1. The zero-order valence-electron chi connectivity index (χ0n) is 10.9. The summed E-state index contributed by atoms with van der Waals surface area (Å²) in [4.78, 5) is 10.0. The van der Waals surface area contributed by atoms with Crippen molar-refractivity contribution in [2.45, 2.75) is 19.3 Å². The molecule has 1 rings (SSSR count). The summed E-state index contributed by atoms with van der Waals surface area (Å²) in [5.41, 5.74) is 0.0642. The number of nitro benzene ring substituents is 1. The minimum absolute atomic E-state index is 0.0642. The maximum atomic E-state index is 10.5. The van der Waals surface area contributed by atoms with Crippen LogP contribution in [-0.2, 0) is 0 Å². The maximum absolute atomic E-state index is 10.5. The third-order valence-corrected chi connectivity index (χ3v) is 2.61. The molecule has 0 bridgehead atoms. The Morgan fingerprint density at radius 1 is 1.16 bits per heavy atom. The summed E-state index contributed by atoms with van der Waals surface area (Å²) in [5, 5.41) is 22.3. The fourth-order valence-electron chi connectivity index (χ4n) is 1.57. The number of nitrogens with one attached hydrogen (secondary N) is 1. The number of rotatable bonds is 10. The van der Waals surface area contributed by atoms with Crippen LogP contribution in [0.4, 0.5) is 5.69 Å². The predicted molar refractivity (Wildman–Crippen MR) is 72.4 cm³/mol. The third-order valence-electron chi connectivity index (χ3n) is 2.61. The number of hydrogen-bond acceptors (Lipinski definition) is 5. The van der Waals surface area contributed by atoms with E-state index in [1.165, 1.54) is 12.1 Å². The molecule has 106 valence electrons. The molecule has 0 fully saturated rings. The Hall–Kier alpha value is -1.66. The Morgan fingerprint density at radius 2 is 1.89 bits per heavy atom. The van der Waals surface area contributed by atoms with E-state index < -0.39 is 4.92 Å². The first-order chi connectivity index (χ1) is 9.24. The molecule has 0 saturated heterocycles. The van der Waals surface area contributed by atoms with E-state index in [1.807, 2.05) is 0 Å². The smallest absolute Gasteiger partial charge is 0.269 e. The molecule has 1 aromatic carbocycles. The number of non-ortho nitro benzene ring substituents is 1. The van der Waals surface area contributed by atoms with Gasteiger partial charge in [0, 0.05) is 25.3 Å². The minimum Gasteiger partial charge on any atom is -0.492 e. The van der Waals surface area contributed by atoms with Gasteiger partial charge in [-0.1, -0.05) is 0 Å². The van der Waals surface area contributed by atoms with E-state index in [1.54, 1.807) is 12.1 Å². The van der Waals surface area contributed by atoms with E-state index in [0.29, 0.717) is 12.4 Å². The number of hydrogen-bond donors (Lipinski definition) is 2. The van der Waals surface area contributed by atoms with Gasteiger partial charge in [0.25, 0.3) is 5.69 Å². The fourth-order valence-corrected chi connectivity index (χ4v) is 1.57. The third kappa shape index (κ3) is 6.73. The van der Waals surface area contributed by atoms with Crippen molar-refractivity contribution in [1.82, 2.24) is 5.32 Å². The maximum Gasteiger partial charge on any atom is 0.269 e. The highest BCUT2D eigenvalue weighted by Crippen LogP contribution is 2.16. The molecule has 6 heteroatoms. The van der Waals surface area contributed by atoms with Crippen molar-refractivity contribution in [2.75, 3.05) is 26.3 Å².